The number of rotatable bonds is 5. The molecule has 0 aliphatic carbocycles. The maximum Gasteiger partial charge on any atom is 0.410 e. The van der Waals surface area contributed by atoms with Crippen LogP contribution in [0.2, 0.25) is 0 Å². The molecule has 34 heavy (non-hydrogen) atoms. The second-order valence-corrected chi connectivity index (χ2v) is 10.5. The van der Waals surface area contributed by atoms with Crippen molar-refractivity contribution in [1.29, 1.82) is 0 Å². The van der Waals surface area contributed by atoms with Crippen LogP contribution >= 0.6 is 0 Å². The fourth-order valence-electron chi connectivity index (χ4n) is 4.68. The molecule has 180 valence electrons. The fourth-order valence-corrected chi connectivity index (χ4v) is 4.68. The van der Waals surface area contributed by atoms with Gasteiger partial charge >= 0.3 is 6.09 Å². The molecular formula is C27H34N4O3. The Morgan fingerprint density at radius 2 is 1.94 bits per heavy atom. The lowest BCUT2D eigenvalue weighted by Gasteiger charge is -2.39. The SMILES string of the molecule is Cc1cccc2c(Cc3cnn(C4(C)CCN(C(=O)OC(C)(C)C)CC4)c3)ccc(NC=O)c12. The number of hydrogen-bond acceptors (Lipinski definition) is 4. The van der Waals surface area contributed by atoms with Crippen molar-refractivity contribution in [2.24, 2.45) is 0 Å². The van der Waals surface area contributed by atoms with Crippen molar-refractivity contribution < 1.29 is 14.3 Å². The van der Waals surface area contributed by atoms with E-state index in [1.165, 1.54) is 5.56 Å². The second kappa shape index (κ2) is 9.12. The first-order chi connectivity index (χ1) is 16.1. The van der Waals surface area contributed by atoms with Crippen LogP contribution in [-0.2, 0) is 21.5 Å². The highest BCUT2D eigenvalue weighted by atomic mass is 16.6. The number of amides is 2. The summed E-state index contributed by atoms with van der Waals surface area (Å²) in [5.74, 6) is 0. The molecule has 4 rings (SSSR count). The average molecular weight is 463 g/mol. The molecule has 1 aliphatic heterocycles. The molecule has 0 radical (unpaired) electrons. The van der Waals surface area contributed by atoms with Gasteiger partial charge in [0.1, 0.15) is 5.60 Å². The first-order valence-electron chi connectivity index (χ1n) is 11.8. The van der Waals surface area contributed by atoms with E-state index in [0.29, 0.717) is 13.1 Å². The molecule has 2 amide bonds. The third-order valence-electron chi connectivity index (χ3n) is 6.63. The molecule has 0 spiro atoms. The summed E-state index contributed by atoms with van der Waals surface area (Å²) in [6.45, 7) is 11.2. The molecule has 1 N–H and O–H groups in total. The topological polar surface area (TPSA) is 76.5 Å². The summed E-state index contributed by atoms with van der Waals surface area (Å²) in [7, 11) is 0. The standard InChI is InChI=1S/C27H34N4O3/c1-19-7-6-8-22-21(9-10-23(24(19)22)28-18-32)15-20-16-29-31(17-20)27(5)11-13-30(14-12-27)25(33)34-26(2,3)4/h6-10,16-18H,11-15H2,1-5H3,(H,28,32). The van der Waals surface area contributed by atoms with Crippen LogP contribution < -0.4 is 5.32 Å². The Hall–Kier alpha value is -3.35. The van der Waals surface area contributed by atoms with Gasteiger partial charge in [-0.3, -0.25) is 9.48 Å². The molecule has 1 saturated heterocycles. The molecule has 1 aromatic heterocycles. The molecule has 7 nitrogen and oxygen atoms in total. The summed E-state index contributed by atoms with van der Waals surface area (Å²) >= 11 is 0. The number of fused-ring (bicyclic) bond motifs is 1. The second-order valence-electron chi connectivity index (χ2n) is 10.5. The van der Waals surface area contributed by atoms with Crippen molar-refractivity contribution >= 4 is 29.0 Å². The first-order valence-corrected chi connectivity index (χ1v) is 11.8. The maximum absolute atomic E-state index is 12.4. The minimum Gasteiger partial charge on any atom is -0.444 e. The van der Waals surface area contributed by atoms with Gasteiger partial charge in [-0.1, -0.05) is 24.3 Å². The van der Waals surface area contributed by atoms with Crippen molar-refractivity contribution in [1.82, 2.24) is 14.7 Å². The zero-order valence-electron chi connectivity index (χ0n) is 20.7. The molecular weight excluding hydrogens is 428 g/mol. The van der Waals surface area contributed by atoms with Gasteiger partial charge in [0.2, 0.25) is 6.41 Å². The van der Waals surface area contributed by atoms with Crippen LogP contribution in [0, 0.1) is 6.92 Å². The summed E-state index contributed by atoms with van der Waals surface area (Å²) in [5, 5.41) is 9.74. The van der Waals surface area contributed by atoms with Crippen LogP contribution in [0.1, 0.15) is 57.2 Å². The fraction of sp³-hybridized carbons (Fsp3) is 0.444. The van der Waals surface area contributed by atoms with Crippen molar-refractivity contribution in [3.63, 3.8) is 0 Å². The quantitative estimate of drug-likeness (QED) is 0.526. The predicted molar refractivity (Wildman–Crippen MR) is 134 cm³/mol. The summed E-state index contributed by atoms with van der Waals surface area (Å²) in [4.78, 5) is 25.3. The molecule has 0 unspecified atom stereocenters. The number of aryl methyl sites for hydroxylation is 1. The molecule has 0 saturated carbocycles. The Labute approximate surface area is 201 Å². The molecule has 2 aromatic carbocycles. The number of nitrogens with one attached hydrogen (secondary N) is 1. The summed E-state index contributed by atoms with van der Waals surface area (Å²) in [6.07, 6.45) is 6.93. The van der Waals surface area contributed by atoms with Gasteiger partial charge < -0.3 is 15.0 Å². The Bertz CT molecular complexity index is 1200. The van der Waals surface area contributed by atoms with Gasteiger partial charge in [-0.2, -0.15) is 5.10 Å². The number of likely N-dealkylation sites (tertiary alicyclic amines) is 1. The molecule has 2 heterocycles. The van der Waals surface area contributed by atoms with Gasteiger partial charge in [0.15, 0.2) is 0 Å². The molecule has 3 aromatic rings. The van der Waals surface area contributed by atoms with E-state index in [2.05, 4.69) is 54.3 Å². The number of carbonyl (C=O) groups excluding carboxylic acids is 2. The lowest BCUT2D eigenvalue weighted by Crippen LogP contribution is -2.48. The summed E-state index contributed by atoms with van der Waals surface area (Å²) in [6, 6.07) is 10.3. The van der Waals surface area contributed by atoms with E-state index in [-0.39, 0.29) is 11.6 Å². The maximum atomic E-state index is 12.4. The van der Waals surface area contributed by atoms with E-state index in [4.69, 9.17) is 9.84 Å². The number of carbonyl (C=O) groups is 2. The van der Waals surface area contributed by atoms with Crippen molar-refractivity contribution in [2.45, 2.75) is 65.0 Å². The van der Waals surface area contributed by atoms with Crippen LogP contribution in [-0.4, -0.2) is 45.9 Å². The Morgan fingerprint density at radius 1 is 1.21 bits per heavy atom. The van der Waals surface area contributed by atoms with Crippen LogP contribution in [0.5, 0.6) is 0 Å². The van der Waals surface area contributed by atoms with E-state index in [1.54, 1.807) is 4.90 Å². The Morgan fingerprint density at radius 3 is 2.62 bits per heavy atom. The highest BCUT2D eigenvalue weighted by Gasteiger charge is 2.35. The van der Waals surface area contributed by atoms with Gasteiger partial charge in [-0.25, -0.2) is 4.79 Å². The molecule has 1 aliphatic rings. The summed E-state index contributed by atoms with van der Waals surface area (Å²) in [5.41, 5.74) is 3.65. The van der Waals surface area contributed by atoms with E-state index >= 15 is 0 Å². The Kier molecular flexibility index (Phi) is 6.39. The Balaban J connectivity index is 1.50. The molecule has 7 heteroatoms. The lowest BCUT2D eigenvalue weighted by molar-refractivity contribution is -0.105. The number of ether oxygens (including phenoxy) is 1. The lowest BCUT2D eigenvalue weighted by atomic mass is 9.90. The number of benzene rings is 2. The summed E-state index contributed by atoms with van der Waals surface area (Å²) < 4.78 is 7.59. The number of nitrogens with zero attached hydrogens (tertiary/aromatic N) is 3. The number of piperidine rings is 1. The van der Waals surface area contributed by atoms with E-state index < -0.39 is 5.60 Å². The van der Waals surface area contributed by atoms with Crippen LogP contribution in [0.15, 0.2) is 42.7 Å². The number of aromatic nitrogens is 2. The van der Waals surface area contributed by atoms with Gasteiger partial charge in [-0.05, 0) is 75.6 Å². The average Bonchev–Trinajstić information content (AvgIpc) is 3.24. The van der Waals surface area contributed by atoms with Crippen molar-refractivity contribution in [3.05, 3.63) is 59.4 Å². The van der Waals surface area contributed by atoms with Crippen molar-refractivity contribution in [3.8, 4) is 0 Å². The largest absolute Gasteiger partial charge is 0.444 e. The number of hydrogen-bond donors (Lipinski definition) is 1. The monoisotopic (exact) mass is 462 g/mol. The molecule has 0 atom stereocenters. The minimum absolute atomic E-state index is 0.146. The van der Waals surface area contributed by atoms with Gasteiger partial charge in [0.05, 0.1) is 11.7 Å². The van der Waals surface area contributed by atoms with Crippen LogP contribution in [0.4, 0.5) is 10.5 Å². The predicted octanol–water partition coefficient (Wildman–Crippen LogP) is 5.25. The third kappa shape index (κ3) is 4.93. The molecule has 0 bridgehead atoms. The zero-order chi connectivity index (χ0) is 24.5. The van der Waals surface area contributed by atoms with E-state index in [0.717, 1.165) is 53.3 Å². The van der Waals surface area contributed by atoms with E-state index in [9.17, 15) is 9.59 Å². The van der Waals surface area contributed by atoms with Gasteiger partial charge in [-0.15, -0.1) is 0 Å². The normalized spacial score (nSPS) is 15.9. The highest BCUT2D eigenvalue weighted by molar-refractivity contribution is 6.01. The van der Waals surface area contributed by atoms with Gasteiger partial charge in [0.25, 0.3) is 0 Å². The zero-order valence-corrected chi connectivity index (χ0v) is 20.7. The van der Waals surface area contributed by atoms with Crippen LogP contribution in [0.3, 0.4) is 0 Å². The number of anilines is 1. The first kappa shape index (κ1) is 23.8. The minimum atomic E-state index is -0.487. The molecule has 1 fully saturated rings. The van der Waals surface area contributed by atoms with Gasteiger partial charge in [0, 0.05) is 36.8 Å². The van der Waals surface area contributed by atoms with Crippen LogP contribution in [0.25, 0.3) is 10.8 Å². The highest BCUT2D eigenvalue weighted by Crippen LogP contribution is 2.33. The smallest absolute Gasteiger partial charge is 0.410 e. The van der Waals surface area contributed by atoms with E-state index in [1.807, 2.05) is 33.0 Å². The third-order valence-corrected chi connectivity index (χ3v) is 6.63. The van der Waals surface area contributed by atoms with Crippen molar-refractivity contribution in [2.75, 3.05) is 18.4 Å².